The van der Waals surface area contributed by atoms with Crippen LogP contribution >= 0.6 is 11.3 Å². The Kier molecular flexibility index (Phi) is 8.43. The number of ketones is 1. The minimum absolute atomic E-state index is 0.175. The number of pyridine rings is 1. The van der Waals surface area contributed by atoms with Crippen LogP contribution in [0.2, 0.25) is 0 Å². The van der Waals surface area contributed by atoms with Crippen LogP contribution in [0.15, 0.2) is 42.6 Å². The molecule has 10 heteroatoms. The predicted octanol–water partition coefficient (Wildman–Crippen LogP) is 5.55. The quantitative estimate of drug-likeness (QED) is 0.358. The first-order valence-electron chi connectivity index (χ1n) is 15.5. The van der Waals surface area contributed by atoms with Gasteiger partial charge in [-0.1, -0.05) is 12.1 Å². The maximum absolute atomic E-state index is 13.3. The summed E-state index contributed by atoms with van der Waals surface area (Å²) < 4.78 is 11.2. The molecule has 44 heavy (non-hydrogen) atoms. The number of hydrogen-bond donors (Lipinski definition) is 1. The maximum atomic E-state index is 13.3. The van der Waals surface area contributed by atoms with Gasteiger partial charge in [-0.3, -0.25) is 19.5 Å². The van der Waals surface area contributed by atoms with Crippen LogP contribution in [0.3, 0.4) is 0 Å². The largest absolute Gasteiger partial charge is 0.459 e. The highest BCUT2D eigenvalue weighted by Crippen LogP contribution is 2.50. The summed E-state index contributed by atoms with van der Waals surface area (Å²) in [6.45, 7) is 16.4. The van der Waals surface area contributed by atoms with Crippen molar-refractivity contribution < 1.29 is 19.1 Å². The molecule has 1 aromatic carbocycles. The number of thiophene rings is 1. The van der Waals surface area contributed by atoms with Crippen LogP contribution in [0, 0.1) is 0 Å². The molecule has 0 aliphatic carbocycles. The summed E-state index contributed by atoms with van der Waals surface area (Å²) in [6.07, 6.45) is 2.35. The van der Waals surface area contributed by atoms with Crippen molar-refractivity contribution in [3.8, 4) is 22.4 Å². The summed E-state index contributed by atoms with van der Waals surface area (Å²) in [5.41, 5.74) is 5.35. The van der Waals surface area contributed by atoms with E-state index >= 15 is 0 Å². The van der Waals surface area contributed by atoms with Crippen LogP contribution in [-0.4, -0.2) is 91.8 Å². The number of fused-ring (bicyclic) bond motifs is 1. The molecular formula is C34H43N5O4S. The molecule has 0 unspecified atom stereocenters. The zero-order valence-corrected chi connectivity index (χ0v) is 27.3. The smallest absolute Gasteiger partial charge is 0.320 e. The van der Waals surface area contributed by atoms with Gasteiger partial charge in [-0.25, -0.2) is 0 Å². The molecule has 9 nitrogen and oxygen atoms in total. The van der Waals surface area contributed by atoms with Crippen molar-refractivity contribution in [2.45, 2.75) is 52.2 Å². The lowest BCUT2D eigenvalue weighted by molar-refractivity contribution is -0.156. The van der Waals surface area contributed by atoms with E-state index in [-0.39, 0.29) is 17.3 Å². The lowest BCUT2D eigenvalue weighted by atomic mass is 9.90. The number of anilines is 3. The fourth-order valence-electron chi connectivity index (χ4n) is 6.18. The van der Waals surface area contributed by atoms with Crippen LogP contribution in [0.25, 0.3) is 22.4 Å². The molecule has 2 fully saturated rings. The van der Waals surface area contributed by atoms with Gasteiger partial charge in [0, 0.05) is 74.2 Å². The molecule has 3 aromatic rings. The number of hydrogen-bond acceptors (Lipinski definition) is 10. The molecule has 234 valence electrons. The summed E-state index contributed by atoms with van der Waals surface area (Å²) in [7, 11) is 0. The van der Waals surface area contributed by atoms with Crippen LogP contribution in [0.4, 0.5) is 16.4 Å². The topological polar surface area (TPSA) is 87.2 Å². The van der Waals surface area contributed by atoms with Gasteiger partial charge in [0.05, 0.1) is 36.0 Å². The Balaban J connectivity index is 1.25. The average Bonchev–Trinajstić information content (AvgIpc) is 3.36. The minimum atomic E-state index is -0.470. The van der Waals surface area contributed by atoms with Gasteiger partial charge in [-0.15, -0.1) is 11.3 Å². The highest BCUT2D eigenvalue weighted by Gasteiger charge is 2.37. The molecule has 0 spiro atoms. The van der Waals surface area contributed by atoms with Gasteiger partial charge >= 0.3 is 5.97 Å². The molecule has 6 rings (SSSR count). The minimum Gasteiger partial charge on any atom is -0.459 e. The van der Waals surface area contributed by atoms with Crippen molar-refractivity contribution in [3.63, 3.8) is 0 Å². The van der Waals surface area contributed by atoms with E-state index in [0.717, 1.165) is 82.9 Å². The van der Waals surface area contributed by atoms with Crippen molar-refractivity contribution >= 4 is 39.5 Å². The van der Waals surface area contributed by atoms with Gasteiger partial charge in [0.25, 0.3) is 0 Å². The molecular weight excluding hydrogens is 574 g/mol. The SMILES string of the molecule is CC1(C)CC(=O)c2sc(N3CCOCC3)c(-c3ccnc(-c4cccc(N5CCN(CC(=O)OC(C)(C)C)CC5)c4)c3)c2N1. The van der Waals surface area contributed by atoms with Crippen molar-refractivity contribution in [1.82, 2.24) is 9.88 Å². The molecule has 0 saturated carbocycles. The van der Waals surface area contributed by atoms with Crippen LogP contribution < -0.4 is 15.1 Å². The number of nitrogens with zero attached hydrogens (tertiary/aromatic N) is 4. The van der Waals surface area contributed by atoms with Crippen LogP contribution in [0.5, 0.6) is 0 Å². The first-order valence-corrected chi connectivity index (χ1v) is 16.3. The third kappa shape index (κ3) is 6.77. The van der Waals surface area contributed by atoms with Crippen molar-refractivity contribution in [2.75, 3.05) is 74.1 Å². The first-order chi connectivity index (χ1) is 21.0. The van der Waals surface area contributed by atoms with Gasteiger partial charge in [0.15, 0.2) is 5.78 Å². The third-order valence-electron chi connectivity index (χ3n) is 8.21. The lowest BCUT2D eigenvalue weighted by Gasteiger charge is -2.36. The van der Waals surface area contributed by atoms with E-state index < -0.39 is 5.60 Å². The maximum Gasteiger partial charge on any atom is 0.320 e. The molecule has 5 heterocycles. The summed E-state index contributed by atoms with van der Waals surface area (Å²) in [5, 5.41) is 4.82. The number of piperazine rings is 1. The van der Waals surface area contributed by atoms with E-state index in [1.807, 2.05) is 27.0 Å². The molecule has 2 saturated heterocycles. The van der Waals surface area contributed by atoms with Crippen LogP contribution in [0.1, 0.15) is 50.7 Å². The second-order valence-electron chi connectivity index (χ2n) is 13.5. The zero-order chi connectivity index (χ0) is 31.1. The standard InChI is InChI=1S/C34H43N5O4S/c1-33(2,3)43-28(41)22-37-11-13-38(14-12-37)25-8-6-7-23(19-25)26-20-24(9-10-35-26)29-30-31(27(40)21-34(4,5)36-30)44-32(29)39-15-17-42-18-16-39/h6-10,19-20,36H,11-18,21-22H2,1-5H3. The molecule has 0 bridgehead atoms. The molecule has 3 aliphatic heterocycles. The van der Waals surface area contributed by atoms with Gasteiger partial charge in [-0.2, -0.15) is 0 Å². The van der Waals surface area contributed by atoms with E-state index in [1.165, 1.54) is 0 Å². The van der Waals surface area contributed by atoms with E-state index in [2.05, 4.69) is 70.3 Å². The van der Waals surface area contributed by atoms with E-state index in [4.69, 9.17) is 14.5 Å². The number of nitrogens with one attached hydrogen (secondary N) is 1. The average molecular weight is 618 g/mol. The zero-order valence-electron chi connectivity index (χ0n) is 26.4. The number of esters is 1. The van der Waals surface area contributed by atoms with E-state index in [9.17, 15) is 9.59 Å². The van der Waals surface area contributed by atoms with Crippen molar-refractivity contribution in [3.05, 3.63) is 47.5 Å². The first kappa shape index (κ1) is 30.6. The number of morpholine rings is 1. The Morgan fingerprint density at radius 3 is 2.50 bits per heavy atom. The second-order valence-corrected chi connectivity index (χ2v) is 14.5. The number of benzene rings is 1. The summed E-state index contributed by atoms with van der Waals surface area (Å²) in [4.78, 5) is 38.1. The lowest BCUT2D eigenvalue weighted by Crippen LogP contribution is -2.48. The van der Waals surface area contributed by atoms with Crippen molar-refractivity contribution in [2.24, 2.45) is 0 Å². The number of carbonyl (C=O) groups excluding carboxylic acids is 2. The fourth-order valence-corrected chi connectivity index (χ4v) is 7.45. The van der Waals surface area contributed by atoms with Gasteiger partial charge in [0.1, 0.15) is 10.6 Å². The van der Waals surface area contributed by atoms with Crippen LogP contribution in [-0.2, 0) is 14.3 Å². The highest BCUT2D eigenvalue weighted by molar-refractivity contribution is 7.19. The summed E-state index contributed by atoms with van der Waals surface area (Å²) in [6, 6.07) is 12.7. The normalized spacial score (nSPS) is 19.0. The number of rotatable bonds is 6. The predicted molar refractivity (Wildman–Crippen MR) is 177 cm³/mol. The van der Waals surface area contributed by atoms with Gasteiger partial charge < -0.3 is 24.6 Å². The molecule has 1 N–H and O–H groups in total. The van der Waals surface area contributed by atoms with E-state index in [0.29, 0.717) is 26.2 Å². The number of ether oxygens (including phenoxy) is 2. The Morgan fingerprint density at radius 2 is 1.77 bits per heavy atom. The number of aromatic nitrogens is 1. The molecule has 0 amide bonds. The van der Waals surface area contributed by atoms with Gasteiger partial charge in [0.2, 0.25) is 0 Å². The summed E-state index contributed by atoms with van der Waals surface area (Å²) in [5.74, 6) is 0.0216. The Bertz CT molecular complexity index is 1530. The molecule has 0 radical (unpaired) electrons. The van der Waals surface area contributed by atoms with Crippen molar-refractivity contribution in [1.29, 1.82) is 0 Å². The Labute approximate surface area is 264 Å². The second kappa shape index (κ2) is 12.1. The Hall–Kier alpha value is -3.47. The highest BCUT2D eigenvalue weighted by atomic mass is 32.1. The van der Waals surface area contributed by atoms with E-state index in [1.54, 1.807) is 11.3 Å². The molecule has 0 atom stereocenters. The molecule has 3 aliphatic rings. The van der Waals surface area contributed by atoms with Gasteiger partial charge in [-0.05, 0) is 64.4 Å². The number of carbonyl (C=O) groups is 2. The monoisotopic (exact) mass is 617 g/mol. The summed E-state index contributed by atoms with van der Waals surface area (Å²) >= 11 is 1.60. The fraction of sp³-hybridized carbons (Fsp3) is 0.500. The third-order valence-corrected chi connectivity index (χ3v) is 9.50. The molecule has 2 aromatic heterocycles. The number of Topliss-reactive ketones (excluding diaryl/α,β-unsaturated/α-hetero) is 1. The Morgan fingerprint density at radius 1 is 1.02 bits per heavy atom.